The number of hydrogen-bond acceptors (Lipinski definition) is 2. The van der Waals surface area contributed by atoms with Gasteiger partial charge >= 0.3 is 0 Å². The van der Waals surface area contributed by atoms with Gasteiger partial charge in [0.1, 0.15) is 5.75 Å². The molecular weight excluding hydrogens is 222 g/mol. The fourth-order valence-electron chi connectivity index (χ4n) is 2.49. The van der Waals surface area contributed by atoms with Crippen LogP contribution in [-0.4, -0.2) is 19.7 Å². The minimum Gasteiger partial charge on any atom is -0.493 e. The van der Waals surface area contributed by atoms with E-state index >= 15 is 0 Å². The molecule has 18 heavy (non-hydrogen) atoms. The number of para-hydroxylation sites is 1. The molecule has 0 radical (unpaired) electrons. The summed E-state index contributed by atoms with van der Waals surface area (Å²) in [7, 11) is 0. The van der Waals surface area contributed by atoms with Gasteiger partial charge in [0, 0.05) is 12.5 Å². The Morgan fingerprint density at radius 3 is 2.72 bits per heavy atom. The van der Waals surface area contributed by atoms with Crippen molar-refractivity contribution in [3.05, 3.63) is 29.8 Å². The fraction of sp³-hybridized carbons (Fsp3) is 0.625. The lowest BCUT2D eigenvalue weighted by atomic mass is 9.86. The third-order valence-electron chi connectivity index (χ3n) is 3.57. The Morgan fingerprint density at radius 1 is 1.28 bits per heavy atom. The van der Waals surface area contributed by atoms with Gasteiger partial charge in [0.25, 0.3) is 0 Å². The highest BCUT2D eigenvalue weighted by Crippen LogP contribution is 2.31. The van der Waals surface area contributed by atoms with Crippen LogP contribution >= 0.6 is 0 Å². The minimum absolute atomic E-state index is 0.140. The Kier molecular flexibility index (Phi) is 4.28. The fourth-order valence-corrected chi connectivity index (χ4v) is 2.49. The molecule has 1 fully saturated rings. The van der Waals surface area contributed by atoms with Crippen molar-refractivity contribution in [3.8, 4) is 5.75 Å². The van der Waals surface area contributed by atoms with E-state index in [0.717, 1.165) is 25.4 Å². The maximum atomic E-state index is 6.06. The van der Waals surface area contributed by atoms with Gasteiger partial charge in [0.15, 0.2) is 0 Å². The molecule has 0 saturated carbocycles. The number of piperidine rings is 1. The highest BCUT2D eigenvalue weighted by atomic mass is 16.5. The maximum Gasteiger partial charge on any atom is 0.123 e. The molecule has 1 atom stereocenters. The first-order valence-electron chi connectivity index (χ1n) is 7.00. The van der Waals surface area contributed by atoms with Gasteiger partial charge < -0.3 is 10.1 Å². The molecule has 1 aromatic carbocycles. The Hall–Kier alpha value is -1.02. The van der Waals surface area contributed by atoms with Gasteiger partial charge in [0.2, 0.25) is 0 Å². The Bertz CT molecular complexity index is 375. The normalized spacial score (nSPS) is 20.7. The predicted molar refractivity (Wildman–Crippen MR) is 76.2 cm³/mol. The van der Waals surface area contributed by atoms with Gasteiger partial charge in [-0.1, -0.05) is 39.0 Å². The van der Waals surface area contributed by atoms with E-state index in [1.165, 1.54) is 18.4 Å². The van der Waals surface area contributed by atoms with Gasteiger partial charge in [-0.05, 0) is 36.4 Å². The molecule has 1 aliphatic heterocycles. The number of ether oxygens (including phenoxy) is 1. The van der Waals surface area contributed by atoms with Crippen LogP contribution in [0.2, 0.25) is 0 Å². The zero-order valence-electron chi connectivity index (χ0n) is 11.8. The van der Waals surface area contributed by atoms with E-state index in [0.29, 0.717) is 5.92 Å². The largest absolute Gasteiger partial charge is 0.493 e. The summed E-state index contributed by atoms with van der Waals surface area (Å²) in [6.07, 6.45) is 2.56. The standard InChI is InChI=1S/C16H25NO/c1-16(2,3)14-8-4-5-9-15(14)18-12-13-7-6-10-17-11-13/h4-5,8-9,13,17H,6-7,10-12H2,1-3H3. The van der Waals surface area contributed by atoms with Crippen LogP contribution < -0.4 is 10.1 Å². The SMILES string of the molecule is CC(C)(C)c1ccccc1OCC1CCCNC1. The molecule has 1 aromatic rings. The molecule has 1 unspecified atom stereocenters. The third kappa shape index (κ3) is 3.49. The number of benzene rings is 1. The molecule has 100 valence electrons. The molecule has 2 nitrogen and oxygen atoms in total. The molecule has 0 amide bonds. The summed E-state index contributed by atoms with van der Waals surface area (Å²) in [5, 5.41) is 3.44. The van der Waals surface area contributed by atoms with Crippen LogP contribution in [-0.2, 0) is 5.41 Å². The van der Waals surface area contributed by atoms with Crippen molar-refractivity contribution in [2.24, 2.45) is 5.92 Å². The number of nitrogens with one attached hydrogen (secondary N) is 1. The summed E-state index contributed by atoms with van der Waals surface area (Å²) in [5.41, 5.74) is 1.44. The molecular formula is C16H25NO. The molecule has 1 aliphatic rings. The van der Waals surface area contributed by atoms with Crippen LogP contribution in [0.4, 0.5) is 0 Å². The smallest absolute Gasteiger partial charge is 0.123 e. The quantitative estimate of drug-likeness (QED) is 0.884. The second-order valence-electron chi connectivity index (χ2n) is 6.27. The molecule has 1 N–H and O–H groups in total. The number of hydrogen-bond donors (Lipinski definition) is 1. The third-order valence-corrected chi connectivity index (χ3v) is 3.57. The van der Waals surface area contributed by atoms with Crippen molar-refractivity contribution < 1.29 is 4.74 Å². The van der Waals surface area contributed by atoms with Crippen LogP contribution in [0.1, 0.15) is 39.2 Å². The van der Waals surface area contributed by atoms with Gasteiger partial charge in [-0.3, -0.25) is 0 Å². The van der Waals surface area contributed by atoms with Crippen LogP contribution in [0, 0.1) is 5.92 Å². The summed E-state index contributed by atoms with van der Waals surface area (Å²) in [6, 6.07) is 8.42. The summed E-state index contributed by atoms with van der Waals surface area (Å²) < 4.78 is 6.06. The number of rotatable bonds is 3. The highest BCUT2D eigenvalue weighted by Gasteiger charge is 2.19. The Morgan fingerprint density at radius 2 is 2.06 bits per heavy atom. The van der Waals surface area contributed by atoms with Crippen LogP contribution in [0.3, 0.4) is 0 Å². The second kappa shape index (κ2) is 5.75. The van der Waals surface area contributed by atoms with Crippen LogP contribution in [0.5, 0.6) is 5.75 Å². The van der Waals surface area contributed by atoms with Crippen molar-refractivity contribution in [2.75, 3.05) is 19.7 Å². The highest BCUT2D eigenvalue weighted by molar-refractivity contribution is 5.38. The van der Waals surface area contributed by atoms with E-state index < -0.39 is 0 Å². The van der Waals surface area contributed by atoms with Crippen LogP contribution in [0.25, 0.3) is 0 Å². The first-order chi connectivity index (χ1) is 8.57. The van der Waals surface area contributed by atoms with Crippen molar-refractivity contribution >= 4 is 0 Å². The van der Waals surface area contributed by atoms with Gasteiger partial charge in [-0.2, -0.15) is 0 Å². The average Bonchev–Trinajstić information content (AvgIpc) is 2.37. The second-order valence-corrected chi connectivity index (χ2v) is 6.27. The zero-order chi connectivity index (χ0) is 13.0. The lowest BCUT2D eigenvalue weighted by Crippen LogP contribution is -2.33. The summed E-state index contributed by atoms with van der Waals surface area (Å²) in [5.74, 6) is 1.71. The van der Waals surface area contributed by atoms with E-state index in [1.54, 1.807) is 0 Å². The van der Waals surface area contributed by atoms with Crippen molar-refractivity contribution in [3.63, 3.8) is 0 Å². The lowest BCUT2D eigenvalue weighted by Gasteiger charge is -2.26. The summed E-state index contributed by atoms with van der Waals surface area (Å²) in [4.78, 5) is 0. The molecule has 2 rings (SSSR count). The molecule has 1 heterocycles. The van der Waals surface area contributed by atoms with E-state index in [9.17, 15) is 0 Å². The van der Waals surface area contributed by atoms with Gasteiger partial charge in [-0.25, -0.2) is 0 Å². The lowest BCUT2D eigenvalue weighted by molar-refractivity contribution is 0.215. The average molecular weight is 247 g/mol. The molecule has 1 saturated heterocycles. The Balaban J connectivity index is 2.00. The van der Waals surface area contributed by atoms with Gasteiger partial charge in [-0.15, -0.1) is 0 Å². The molecule has 2 heteroatoms. The van der Waals surface area contributed by atoms with Crippen molar-refractivity contribution in [1.29, 1.82) is 0 Å². The van der Waals surface area contributed by atoms with Crippen molar-refractivity contribution in [2.45, 2.75) is 39.0 Å². The minimum atomic E-state index is 0.140. The Labute approximate surface area is 111 Å². The van der Waals surface area contributed by atoms with E-state index in [2.05, 4.69) is 50.4 Å². The van der Waals surface area contributed by atoms with E-state index in [4.69, 9.17) is 4.74 Å². The molecule has 0 spiro atoms. The summed E-state index contributed by atoms with van der Waals surface area (Å²) in [6.45, 7) is 9.79. The zero-order valence-corrected chi connectivity index (χ0v) is 11.8. The van der Waals surface area contributed by atoms with Crippen molar-refractivity contribution in [1.82, 2.24) is 5.32 Å². The molecule has 0 aromatic heterocycles. The predicted octanol–water partition coefficient (Wildman–Crippen LogP) is 3.36. The topological polar surface area (TPSA) is 21.3 Å². The maximum absolute atomic E-state index is 6.06. The monoisotopic (exact) mass is 247 g/mol. The molecule has 0 aliphatic carbocycles. The van der Waals surface area contributed by atoms with E-state index in [-0.39, 0.29) is 5.41 Å². The summed E-state index contributed by atoms with van der Waals surface area (Å²) >= 11 is 0. The molecule has 0 bridgehead atoms. The first-order valence-corrected chi connectivity index (χ1v) is 7.00. The van der Waals surface area contributed by atoms with Gasteiger partial charge in [0.05, 0.1) is 6.61 Å². The first kappa shape index (κ1) is 13.4. The van der Waals surface area contributed by atoms with Crippen LogP contribution in [0.15, 0.2) is 24.3 Å². The van der Waals surface area contributed by atoms with E-state index in [1.807, 2.05) is 0 Å².